The minimum Gasteiger partial charge on any atom is -0.344 e. The Balaban J connectivity index is 2.11. The molecule has 0 atom stereocenters. The van der Waals surface area contributed by atoms with E-state index in [0.29, 0.717) is 11.8 Å². The van der Waals surface area contributed by atoms with Crippen molar-refractivity contribution in [3.63, 3.8) is 0 Å². The molecule has 0 fully saturated rings. The summed E-state index contributed by atoms with van der Waals surface area (Å²) in [6.07, 6.45) is -1.92. The topological polar surface area (TPSA) is 17.0 Å². The van der Waals surface area contributed by atoms with Crippen LogP contribution in [0, 0.1) is 0 Å². The van der Waals surface area contributed by atoms with E-state index < -0.39 is 11.7 Å². The molecular weight excluding hydrogens is 265 g/mol. The molecule has 0 aliphatic carbocycles. The van der Waals surface area contributed by atoms with Gasteiger partial charge in [0.15, 0.2) is 0 Å². The van der Waals surface area contributed by atoms with Gasteiger partial charge in [-0.15, -0.1) is 0 Å². The number of aryl methyl sites for hydroxylation is 2. The zero-order chi connectivity index (χ0) is 13.9. The zero-order valence-corrected chi connectivity index (χ0v) is 11.0. The van der Waals surface area contributed by atoms with E-state index in [-0.39, 0.29) is 0 Å². The van der Waals surface area contributed by atoms with Crippen molar-refractivity contribution in [2.75, 3.05) is 13.1 Å². The molecular formula is C15H15F3N2. The smallest absolute Gasteiger partial charge is 0.344 e. The van der Waals surface area contributed by atoms with Crippen LogP contribution in [0.5, 0.6) is 0 Å². The van der Waals surface area contributed by atoms with Crippen LogP contribution in [0.3, 0.4) is 0 Å². The van der Waals surface area contributed by atoms with Gasteiger partial charge in [0.25, 0.3) is 0 Å². The summed E-state index contributed by atoms with van der Waals surface area (Å²) in [6.45, 7) is 2.43. The third kappa shape index (κ3) is 1.56. The van der Waals surface area contributed by atoms with Crippen LogP contribution in [0.1, 0.15) is 22.4 Å². The Morgan fingerprint density at radius 2 is 1.85 bits per heavy atom. The molecule has 1 N–H and O–H groups in total. The second-order valence-electron chi connectivity index (χ2n) is 5.57. The molecule has 4 rings (SSSR count). The summed E-state index contributed by atoms with van der Waals surface area (Å²) in [4.78, 5) is 0. The van der Waals surface area contributed by atoms with Gasteiger partial charge in [0.1, 0.15) is 0 Å². The SMILES string of the molecule is FC(F)(F)c1ccc2c3c1c1c(n3CC2)CCNCC1. The summed E-state index contributed by atoms with van der Waals surface area (Å²) in [5.74, 6) is 0. The molecule has 1 aromatic heterocycles. The van der Waals surface area contributed by atoms with E-state index in [0.717, 1.165) is 54.8 Å². The number of benzene rings is 1. The molecule has 0 amide bonds. The Kier molecular flexibility index (Phi) is 2.46. The molecule has 2 aliphatic heterocycles. The van der Waals surface area contributed by atoms with Gasteiger partial charge < -0.3 is 9.88 Å². The fraction of sp³-hybridized carbons (Fsp3) is 0.467. The van der Waals surface area contributed by atoms with E-state index in [9.17, 15) is 13.2 Å². The molecule has 0 saturated heterocycles. The molecule has 106 valence electrons. The molecule has 0 radical (unpaired) electrons. The predicted molar refractivity (Wildman–Crippen MR) is 70.9 cm³/mol. The van der Waals surface area contributed by atoms with E-state index in [1.807, 2.05) is 0 Å². The van der Waals surface area contributed by atoms with Gasteiger partial charge in [-0.3, -0.25) is 0 Å². The molecule has 2 aliphatic rings. The molecule has 2 nitrogen and oxygen atoms in total. The molecule has 0 bridgehead atoms. The average Bonchev–Trinajstić information content (AvgIpc) is 2.84. The second-order valence-corrected chi connectivity index (χ2v) is 5.57. The summed E-state index contributed by atoms with van der Waals surface area (Å²) in [5.41, 5.74) is 3.47. The lowest BCUT2D eigenvalue weighted by Crippen LogP contribution is -2.17. The summed E-state index contributed by atoms with van der Waals surface area (Å²) in [5, 5.41) is 3.74. The van der Waals surface area contributed by atoms with Crippen molar-refractivity contribution >= 4 is 10.9 Å². The zero-order valence-electron chi connectivity index (χ0n) is 11.0. The first-order valence-corrected chi connectivity index (χ1v) is 7.01. The number of fused-ring (bicyclic) bond motifs is 3. The van der Waals surface area contributed by atoms with Gasteiger partial charge in [0.05, 0.1) is 11.1 Å². The van der Waals surface area contributed by atoms with Crippen LogP contribution in [0.15, 0.2) is 12.1 Å². The van der Waals surface area contributed by atoms with Crippen molar-refractivity contribution in [3.05, 3.63) is 34.5 Å². The van der Waals surface area contributed by atoms with Gasteiger partial charge in [-0.1, -0.05) is 6.07 Å². The average molecular weight is 280 g/mol. The maximum absolute atomic E-state index is 13.3. The van der Waals surface area contributed by atoms with Gasteiger partial charge in [-0.05, 0) is 36.6 Å². The summed E-state index contributed by atoms with van der Waals surface area (Å²) in [6, 6.07) is 2.93. The fourth-order valence-electron chi connectivity index (χ4n) is 3.71. The van der Waals surface area contributed by atoms with Crippen LogP contribution in [0.4, 0.5) is 13.2 Å². The first-order chi connectivity index (χ1) is 9.57. The standard InChI is InChI=1S/C15H15F3N2/c16-15(17,18)11-2-1-9-5-8-20-12-4-7-19-6-3-10(12)13(11)14(9)20/h1-2,19H,3-8H2. The Morgan fingerprint density at radius 1 is 1.05 bits per heavy atom. The van der Waals surface area contributed by atoms with E-state index in [1.54, 1.807) is 6.07 Å². The largest absolute Gasteiger partial charge is 0.417 e. The van der Waals surface area contributed by atoms with Crippen molar-refractivity contribution in [1.82, 2.24) is 9.88 Å². The monoisotopic (exact) mass is 280 g/mol. The molecule has 0 spiro atoms. The van der Waals surface area contributed by atoms with Crippen molar-refractivity contribution in [2.45, 2.75) is 32.0 Å². The van der Waals surface area contributed by atoms with E-state index >= 15 is 0 Å². The second kappa shape index (κ2) is 4.01. The van der Waals surface area contributed by atoms with Crippen molar-refractivity contribution in [2.24, 2.45) is 0 Å². The first-order valence-electron chi connectivity index (χ1n) is 7.01. The minimum atomic E-state index is -4.28. The van der Waals surface area contributed by atoms with Gasteiger partial charge in [-0.25, -0.2) is 0 Å². The van der Waals surface area contributed by atoms with Gasteiger partial charge in [0.2, 0.25) is 0 Å². The maximum atomic E-state index is 13.3. The van der Waals surface area contributed by atoms with Crippen LogP contribution in [-0.4, -0.2) is 17.7 Å². The molecule has 0 saturated carbocycles. The molecule has 0 unspecified atom stereocenters. The third-order valence-corrected chi connectivity index (χ3v) is 4.51. The number of aromatic nitrogens is 1. The fourth-order valence-corrected chi connectivity index (χ4v) is 3.71. The van der Waals surface area contributed by atoms with Gasteiger partial charge in [0, 0.05) is 30.6 Å². The Bertz CT molecular complexity index is 697. The lowest BCUT2D eigenvalue weighted by Gasteiger charge is -2.11. The quantitative estimate of drug-likeness (QED) is 0.785. The highest BCUT2D eigenvalue weighted by molar-refractivity contribution is 5.93. The first kappa shape index (κ1) is 12.3. The normalized spacial score (nSPS) is 18.4. The highest BCUT2D eigenvalue weighted by Gasteiger charge is 2.37. The van der Waals surface area contributed by atoms with Gasteiger partial charge >= 0.3 is 6.18 Å². The van der Waals surface area contributed by atoms with Crippen LogP contribution >= 0.6 is 0 Å². The molecule has 20 heavy (non-hydrogen) atoms. The number of hydrogen-bond acceptors (Lipinski definition) is 1. The maximum Gasteiger partial charge on any atom is 0.417 e. The highest BCUT2D eigenvalue weighted by Crippen LogP contribution is 2.42. The summed E-state index contributed by atoms with van der Waals surface area (Å²) >= 11 is 0. The van der Waals surface area contributed by atoms with E-state index in [2.05, 4.69) is 9.88 Å². The number of nitrogens with zero attached hydrogens (tertiary/aromatic N) is 1. The molecule has 1 aromatic carbocycles. The summed E-state index contributed by atoms with van der Waals surface area (Å²) in [7, 11) is 0. The predicted octanol–water partition coefficient (Wildman–Crippen LogP) is 2.90. The Labute approximate surface area is 114 Å². The van der Waals surface area contributed by atoms with E-state index in [4.69, 9.17) is 0 Å². The number of rotatable bonds is 0. The van der Waals surface area contributed by atoms with Crippen LogP contribution < -0.4 is 5.32 Å². The lowest BCUT2D eigenvalue weighted by atomic mass is 9.98. The number of hydrogen-bond donors (Lipinski definition) is 1. The van der Waals surface area contributed by atoms with Gasteiger partial charge in [-0.2, -0.15) is 13.2 Å². The molecule has 3 heterocycles. The highest BCUT2D eigenvalue weighted by atomic mass is 19.4. The van der Waals surface area contributed by atoms with Crippen molar-refractivity contribution in [3.8, 4) is 0 Å². The Morgan fingerprint density at radius 3 is 2.65 bits per heavy atom. The van der Waals surface area contributed by atoms with Crippen LogP contribution in [-0.2, 0) is 32.0 Å². The lowest BCUT2D eigenvalue weighted by molar-refractivity contribution is -0.136. The van der Waals surface area contributed by atoms with Crippen molar-refractivity contribution in [1.29, 1.82) is 0 Å². The minimum absolute atomic E-state index is 0.463. The van der Waals surface area contributed by atoms with E-state index in [1.165, 1.54) is 6.07 Å². The number of halogens is 3. The number of nitrogens with one attached hydrogen (secondary N) is 1. The number of alkyl halides is 3. The summed E-state index contributed by atoms with van der Waals surface area (Å²) < 4.78 is 42.1. The van der Waals surface area contributed by atoms with Crippen LogP contribution in [0.25, 0.3) is 10.9 Å². The third-order valence-electron chi connectivity index (χ3n) is 4.51. The van der Waals surface area contributed by atoms with Crippen molar-refractivity contribution < 1.29 is 13.2 Å². The molecule has 5 heteroatoms. The van der Waals surface area contributed by atoms with Crippen LogP contribution in [0.2, 0.25) is 0 Å². The molecule has 2 aromatic rings. The Hall–Kier alpha value is -1.49.